The minimum atomic E-state index is -3.79. The second-order valence-electron chi connectivity index (χ2n) is 8.99. The van der Waals surface area contributed by atoms with Crippen LogP contribution in [0.3, 0.4) is 0 Å². The van der Waals surface area contributed by atoms with E-state index >= 15 is 0 Å². The van der Waals surface area contributed by atoms with Gasteiger partial charge in [0.05, 0.1) is 17.7 Å². The predicted molar refractivity (Wildman–Crippen MR) is 120 cm³/mol. The predicted octanol–water partition coefficient (Wildman–Crippen LogP) is 8.00. The molecule has 0 spiro atoms. The summed E-state index contributed by atoms with van der Waals surface area (Å²) in [6.45, 7) is 1.78. The van der Waals surface area contributed by atoms with Gasteiger partial charge in [0.15, 0.2) is 0 Å². The van der Waals surface area contributed by atoms with Gasteiger partial charge >= 0.3 is 6.11 Å². The summed E-state index contributed by atoms with van der Waals surface area (Å²) >= 11 is 0. The maximum Gasteiger partial charge on any atom is 0.386 e. The molecule has 1 aliphatic rings. The van der Waals surface area contributed by atoms with Gasteiger partial charge in [-0.3, -0.25) is 0 Å². The van der Waals surface area contributed by atoms with E-state index in [0.29, 0.717) is 5.56 Å². The normalized spacial score (nSPS) is 18.8. The summed E-state index contributed by atoms with van der Waals surface area (Å²) in [6.07, 6.45) is 5.32. The molecule has 1 aliphatic carbocycles. The summed E-state index contributed by atoms with van der Waals surface area (Å²) in [6, 6.07) is 9.54. The van der Waals surface area contributed by atoms with Crippen molar-refractivity contribution in [3.05, 3.63) is 70.3 Å². The minimum Gasteiger partial charge on any atom is -0.316 e. The molecule has 2 aromatic rings. The van der Waals surface area contributed by atoms with Crippen LogP contribution in [-0.4, -0.2) is 6.61 Å². The van der Waals surface area contributed by atoms with Gasteiger partial charge in [0.2, 0.25) is 0 Å². The number of unbranched alkanes of at least 4 members (excludes halogenated alkanes) is 2. The Labute approximate surface area is 193 Å². The van der Waals surface area contributed by atoms with Crippen LogP contribution < -0.4 is 0 Å². The zero-order valence-corrected chi connectivity index (χ0v) is 19.1. The van der Waals surface area contributed by atoms with Gasteiger partial charge in [0.1, 0.15) is 17.7 Å². The van der Waals surface area contributed by atoms with E-state index in [9.17, 15) is 17.6 Å². The molecule has 0 amide bonds. The van der Waals surface area contributed by atoms with Gasteiger partial charge in [-0.1, -0.05) is 44.7 Å². The number of hydrogen-bond acceptors (Lipinski definition) is 2. The topological polar surface area (TPSA) is 33.0 Å². The van der Waals surface area contributed by atoms with E-state index in [4.69, 9.17) is 5.26 Å². The van der Waals surface area contributed by atoms with Gasteiger partial charge < -0.3 is 4.74 Å². The van der Waals surface area contributed by atoms with Gasteiger partial charge in [-0.2, -0.15) is 14.0 Å². The summed E-state index contributed by atoms with van der Waals surface area (Å²) in [5.41, 5.74) is 0.290. The Bertz CT molecular complexity index is 961. The monoisotopic (exact) mass is 461 g/mol. The van der Waals surface area contributed by atoms with Crippen LogP contribution in [0, 0.1) is 28.9 Å². The Hall–Kier alpha value is -2.39. The molecule has 33 heavy (non-hydrogen) atoms. The molecule has 0 atom stereocenters. The molecule has 0 aromatic heterocycles. The first-order valence-electron chi connectivity index (χ1n) is 11.8. The molecule has 178 valence electrons. The fourth-order valence-electron chi connectivity index (χ4n) is 4.67. The average molecular weight is 462 g/mol. The number of halogens is 4. The van der Waals surface area contributed by atoms with Crippen LogP contribution in [0.15, 0.2) is 36.4 Å². The van der Waals surface area contributed by atoms with Crippen molar-refractivity contribution in [3.8, 4) is 6.07 Å². The van der Waals surface area contributed by atoms with Gasteiger partial charge in [-0.25, -0.2) is 8.78 Å². The highest BCUT2D eigenvalue weighted by Crippen LogP contribution is 2.39. The molecule has 3 rings (SSSR count). The molecule has 0 heterocycles. The van der Waals surface area contributed by atoms with E-state index in [1.54, 1.807) is 12.1 Å². The van der Waals surface area contributed by atoms with Gasteiger partial charge in [0.25, 0.3) is 0 Å². The second-order valence-corrected chi connectivity index (χ2v) is 8.99. The molecule has 0 radical (unpaired) electrons. The smallest absolute Gasteiger partial charge is 0.316 e. The lowest BCUT2D eigenvalue weighted by Gasteiger charge is -2.29. The Morgan fingerprint density at radius 3 is 2.39 bits per heavy atom. The summed E-state index contributed by atoms with van der Waals surface area (Å²) in [5, 5.41) is 8.75. The van der Waals surface area contributed by atoms with E-state index in [1.165, 1.54) is 43.9 Å². The van der Waals surface area contributed by atoms with Crippen LogP contribution in [0.2, 0.25) is 0 Å². The summed E-state index contributed by atoms with van der Waals surface area (Å²) in [4.78, 5) is 0. The van der Waals surface area contributed by atoms with Gasteiger partial charge in [-0.15, -0.1) is 0 Å². The molecule has 0 saturated heterocycles. The highest BCUT2D eigenvalue weighted by Gasteiger charge is 2.36. The zero-order chi connectivity index (χ0) is 23.8. The summed E-state index contributed by atoms with van der Waals surface area (Å²) in [7, 11) is 0. The SMILES string of the molecule is CCCCC[C@H]1CC[C@H](c2ccc(C(F)(F)OCCc3ccc(C#N)c(F)c3)c(F)c2)CC1. The van der Waals surface area contributed by atoms with Crippen LogP contribution in [-0.2, 0) is 17.3 Å². The Kier molecular flexibility index (Phi) is 8.91. The third kappa shape index (κ3) is 6.80. The minimum absolute atomic E-state index is 0.0133. The molecule has 0 unspecified atom stereocenters. The highest BCUT2D eigenvalue weighted by atomic mass is 19.3. The second kappa shape index (κ2) is 11.7. The van der Waals surface area contributed by atoms with Gasteiger partial charge in [0, 0.05) is 0 Å². The molecule has 6 heteroatoms. The van der Waals surface area contributed by atoms with Crippen molar-refractivity contribution in [2.75, 3.05) is 6.61 Å². The van der Waals surface area contributed by atoms with Crippen molar-refractivity contribution in [1.29, 1.82) is 5.26 Å². The number of alkyl halides is 2. The zero-order valence-electron chi connectivity index (χ0n) is 19.1. The standard InChI is InChI=1S/C27H31F4NO/c1-2-3-4-5-19-6-9-21(10-7-19)22-12-13-24(26(29)17-22)27(30,31)33-15-14-20-8-11-23(18-32)25(28)16-20/h8,11-13,16-17,19,21H,2-7,9-10,14-15H2,1H3/t19-,21-. The van der Waals surface area contributed by atoms with Crippen LogP contribution in [0.1, 0.15) is 86.5 Å². The average Bonchev–Trinajstić information content (AvgIpc) is 2.79. The van der Waals surface area contributed by atoms with E-state index in [0.717, 1.165) is 49.3 Å². The van der Waals surface area contributed by atoms with Crippen molar-refractivity contribution in [3.63, 3.8) is 0 Å². The number of nitrogens with zero attached hydrogens (tertiary/aromatic N) is 1. The molecular weight excluding hydrogens is 430 g/mol. The number of nitriles is 1. The van der Waals surface area contributed by atoms with Crippen LogP contribution in [0.4, 0.5) is 17.6 Å². The third-order valence-corrected chi connectivity index (χ3v) is 6.67. The molecule has 0 N–H and O–H groups in total. The maximum atomic E-state index is 14.6. The Morgan fingerprint density at radius 1 is 1.00 bits per heavy atom. The fourth-order valence-corrected chi connectivity index (χ4v) is 4.67. The van der Waals surface area contributed by atoms with Gasteiger partial charge in [-0.05, 0) is 79.3 Å². The van der Waals surface area contributed by atoms with Crippen molar-refractivity contribution in [2.45, 2.75) is 76.7 Å². The van der Waals surface area contributed by atoms with E-state index < -0.39 is 29.9 Å². The number of ether oxygens (including phenoxy) is 1. The molecular formula is C27H31F4NO. The highest BCUT2D eigenvalue weighted by molar-refractivity contribution is 5.33. The number of benzene rings is 2. The lowest BCUT2D eigenvalue weighted by atomic mass is 9.77. The number of rotatable bonds is 10. The summed E-state index contributed by atoms with van der Waals surface area (Å²) in [5.74, 6) is -0.749. The van der Waals surface area contributed by atoms with E-state index in [-0.39, 0.29) is 17.9 Å². The quantitative estimate of drug-likeness (QED) is 0.265. The van der Waals surface area contributed by atoms with Crippen molar-refractivity contribution in [1.82, 2.24) is 0 Å². The first-order chi connectivity index (χ1) is 15.8. The number of hydrogen-bond donors (Lipinski definition) is 0. The lowest BCUT2D eigenvalue weighted by molar-refractivity contribution is -0.249. The van der Waals surface area contributed by atoms with Crippen molar-refractivity contribution in [2.24, 2.45) is 5.92 Å². The first-order valence-corrected chi connectivity index (χ1v) is 11.8. The van der Waals surface area contributed by atoms with Crippen LogP contribution in [0.5, 0.6) is 0 Å². The summed E-state index contributed by atoms with van der Waals surface area (Å²) < 4.78 is 62.0. The molecule has 2 aromatic carbocycles. The Morgan fingerprint density at radius 2 is 1.76 bits per heavy atom. The maximum absolute atomic E-state index is 14.6. The van der Waals surface area contributed by atoms with Crippen LogP contribution in [0.25, 0.3) is 0 Å². The van der Waals surface area contributed by atoms with E-state index in [1.807, 2.05) is 0 Å². The van der Waals surface area contributed by atoms with Crippen molar-refractivity contribution >= 4 is 0 Å². The molecule has 0 aliphatic heterocycles. The van der Waals surface area contributed by atoms with E-state index in [2.05, 4.69) is 11.7 Å². The molecule has 0 bridgehead atoms. The van der Waals surface area contributed by atoms with Crippen LogP contribution >= 0.6 is 0 Å². The Balaban J connectivity index is 1.55. The van der Waals surface area contributed by atoms with Crippen molar-refractivity contribution < 1.29 is 22.3 Å². The third-order valence-electron chi connectivity index (χ3n) is 6.67. The largest absolute Gasteiger partial charge is 0.386 e. The molecule has 1 fully saturated rings. The lowest BCUT2D eigenvalue weighted by Crippen LogP contribution is -2.22. The molecule has 1 saturated carbocycles. The fraction of sp³-hybridized carbons (Fsp3) is 0.519. The first kappa shape index (κ1) is 25.2. The molecule has 2 nitrogen and oxygen atoms in total.